The smallest absolute Gasteiger partial charge is 0.248 e. The van der Waals surface area contributed by atoms with E-state index in [9.17, 15) is 21.6 Å². The van der Waals surface area contributed by atoms with Gasteiger partial charge in [0.15, 0.2) is 5.76 Å². The van der Waals surface area contributed by atoms with Gasteiger partial charge in [-0.1, -0.05) is 23.4 Å². The predicted molar refractivity (Wildman–Crippen MR) is 114 cm³/mol. The van der Waals surface area contributed by atoms with Gasteiger partial charge in [-0.25, -0.2) is 16.8 Å². The number of benzene rings is 1. The number of amides is 1. The second-order valence-electron chi connectivity index (χ2n) is 7.60. The van der Waals surface area contributed by atoms with Gasteiger partial charge in [-0.05, 0) is 38.3 Å². The molecule has 1 unspecified atom stereocenters. The third kappa shape index (κ3) is 5.43. The summed E-state index contributed by atoms with van der Waals surface area (Å²) in [6.45, 7) is 3.60. The van der Waals surface area contributed by atoms with E-state index in [1.54, 1.807) is 38.1 Å². The molecular formula is C19H26N4O6S2. The van der Waals surface area contributed by atoms with Crippen molar-refractivity contribution in [1.82, 2.24) is 14.8 Å². The van der Waals surface area contributed by atoms with Crippen LogP contribution in [-0.2, 0) is 31.4 Å². The lowest BCUT2D eigenvalue weighted by Crippen LogP contribution is -2.45. The summed E-state index contributed by atoms with van der Waals surface area (Å²) in [6.07, 6.45) is 2.16. The van der Waals surface area contributed by atoms with E-state index in [0.717, 1.165) is 6.26 Å². The molecule has 10 nitrogen and oxygen atoms in total. The van der Waals surface area contributed by atoms with Crippen molar-refractivity contribution in [3.8, 4) is 0 Å². The number of aryl methyl sites for hydroxylation is 2. The molecule has 1 amide bonds. The maximum Gasteiger partial charge on any atom is 0.248 e. The lowest BCUT2D eigenvalue weighted by Gasteiger charge is -2.31. The average Bonchev–Trinajstić information content (AvgIpc) is 3.05. The molecule has 2 N–H and O–H groups in total. The van der Waals surface area contributed by atoms with Gasteiger partial charge in [0, 0.05) is 19.6 Å². The fourth-order valence-corrected chi connectivity index (χ4v) is 6.06. The van der Waals surface area contributed by atoms with Gasteiger partial charge < -0.3 is 9.84 Å². The molecule has 1 fully saturated rings. The van der Waals surface area contributed by atoms with E-state index in [4.69, 9.17) is 4.52 Å². The monoisotopic (exact) mass is 470 g/mol. The molecule has 2 heterocycles. The number of anilines is 1. The van der Waals surface area contributed by atoms with Crippen molar-refractivity contribution in [2.24, 2.45) is 5.92 Å². The summed E-state index contributed by atoms with van der Waals surface area (Å²) in [4.78, 5) is 12.8. The first-order valence-electron chi connectivity index (χ1n) is 9.75. The fraction of sp³-hybridized carbons (Fsp3) is 0.474. The van der Waals surface area contributed by atoms with Crippen LogP contribution in [0.25, 0.3) is 0 Å². The number of piperidine rings is 1. The minimum atomic E-state index is -3.82. The highest BCUT2D eigenvalue weighted by molar-refractivity contribution is 7.92. The topological polar surface area (TPSA) is 139 Å². The Morgan fingerprint density at radius 1 is 1.23 bits per heavy atom. The highest BCUT2D eigenvalue weighted by Gasteiger charge is 2.36. The summed E-state index contributed by atoms with van der Waals surface area (Å²) in [5.41, 5.74) is 1.29. The summed E-state index contributed by atoms with van der Waals surface area (Å²) < 4.78 is 57.9. The number of nitrogens with zero attached hydrogens (tertiary/aromatic N) is 2. The Hall–Kier alpha value is -2.44. The SMILES string of the molecule is Cc1noc(C)c1S(=O)(=O)N1CCCC(C(=O)NCc2ccccc2NS(C)(=O)=O)C1. The molecule has 1 aliphatic heterocycles. The van der Waals surface area contributed by atoms with Crippen LogP contribution < -0.4 is 10.0 Å². The zero-order chi connectivity index (χ0) is 22.8. The number of carbonyl (C=O) groups excluding carboxylic acids is 1. The minimum Gasteiger partial charge on any atom is -0.360 e. The molecule has 0 aliphatic carbocycles. The fourth-order valence-electron chi connectivity index (χ4n) is 3.65. The van der Waals surface area contributed by atoms with Gasteiger partial charge in [0.05, 0.1) is 17.9 Å². The Labute approximate surface area is 182 Å². The maximum atomic E-state index is 13.0. The molecule has 1 aromatic carbocycles. The van der Waals surface area contributed by atoms with Crippen LogP contribution in [0.1, 0.15) is 29.9 Å². The Morgan fingerprint density at radius 2 is 1.94 bits per heavy atom. The van der Waals surface area contributed by atoms with Gasteiger partial charge in [0.25, 0.3) is 0 Å². The standard InChI is InChI=1S/C19H26N4O6S2/c1-13-18(14(2)29-21-13)31(27,28)23-10-6-8-16(12-23)19(24)20-11-15-7-4-5-9-17(15)22-30(3,25)26/h4-5,7,9,16,22H,6,8,10-12H2,1-3H3,(H,20,24). The largest absolute Gasteiger partial charge is 0.360 e. The van der Waals surface area contributed by atoms with Crippen molar-refractivity contribution in [2.45, 2.75) is 38.1 Å². The van der Waals surface area contributed by atoms with Crippen LogP contribution in [0.2, 0.25) is 0 Å². The molecule has 0 radical (unpaired) electrons. The van der Waals surface area contributed by atoms with Gasteiger partial charge in [-0.2, -0.15) is 4.31 Å². The van der Waals surface area contributed by atoms with Crippen LogP contribution in [-0.4, -0.2) is 51.5 Å². The Morgan fingerprint density at radius 3 is 2.58 bits per heavy atom. The summed E-state index contributed by atoms with van der Waals surface area (Å²) in [5, 5.41) is 6.52. The van der Waals surface area contributed by atoms with Crippen LogP contribution in [0.3, 0.4) is 0 Å². The second kappa shape index (κ2) is 8.97. The Kier molecular flexibility index (Phi) is 6.72. The van der Waals surface area contributed by atoms with Crippen molar-refractivity contribution in [3.05, 3.63) is 41.3 Å². The quantitative estimate of drug-likeness (QED) is 0.623. The van der Waals surface area contributed by atoms with Crippen LogP contribution in [0, 0.1) is 19.8 Å². The van der Waals surface area contributed by atoms with Crippen molar-refractivity contribution in [2.75, 3.05) is 24.1 Å². The molecule has 170 valence electrons. The molecule has 2 aromatic rings. The van der Waals surface area contributed by atoms with Crippen LogP contribution in [0.4, 0.5) is 5.69 Å². The summed E-state index contributed by atoms with van der Waals surface area (Å²) in [5.74, 6) is -0.578. The van der Waals surface area contributed by atoms with Gasteiger partial charge in [-0.15, -0.1) is 0 Å². The molecule has 0 bridgehead atoms. The molecule has 0 saturated carbocycles. The van der Waals surface area contributed by atoms with Crippen molar-refractivity contribution < 1.29 is 26.2 Å². The highest BCUT2D eigenvalue weighted by atomic mass is 32.2. The average molecular weight is 471 g/mol. The van der Waals surface area contributed by atoms with Gasteiger partial charge in [0.2, 0.25) is 26.0 Å². The number of nitrogens with one attached hydrogen (secondary N) is 2. The van der Waals surface area contributed by atoms with E-state index in [2.05, 4.69) is 15.2 Å². The first-order chi connectivity index (χ1) is 14.5. The molecular weight excluding hydrogens is 444 g/mol. The molecule has 31 heavy (non-hydrogen) atoms. The van der Waals surface area contributed by atoms with Crippen LogP contribution in [0.5, 0.6) is 0 Å². The number of hydrogen-bond donors (Lipinski definition) is 2. The molecule has 0 spiro atoms. The van der Waals surface area contributed by atoms with Crippen molar-refractivity contribution in [1.29, 1.82) is 0 Å². The van der Waals surface area contributed by atoms with E-state index in [-0.39, 0.29) is 29.7 Å². The van der Waals surface area contributed by atoms with E-state index in [1.165, 1.54) is 4.31 Å². The third-order valence-electron chi connectivity index (χ3n) is 5.09. The second-order valence-corrected chi connectivity index (χ2v) is 11.2. The van der Waals surface area contributed by atoms with Gasteiger partial charge in [-0.3, -0.25) is 9.52 Å². The lowest BCUT2D eigenvalue weighted by molar-refractivity contribution is -0.126. The molecule has 12 heteroatoms. The van der Waals surface area contributed by atoms with Crippen molar-refractivity contribution in [3.63, 3.8) is 0 Å². The molecule has 1 aliphatic rings. The molecule has 1 aromatic heterocycles. The van der Waals surface area contributed by atoms with Gasteiger partial charge >= 0.3 is 0 Å². The van der Waals surface area contributed by atoms with Crippen LogP contribution >= 0.6 is 0 Å². The van der Waals surface area contributed by atoms with Crippen LogP contribution in [0.15, 0.2) is 33.7 Å². The minimum absolute atomic E-state index is 0.0503. The van der Waals surface area contributed by atoms with E-state index < -0.39 is 26.0 Å². The van der Waals surface area contributed by atoms with E-state index in [1.807, 2.05) is 0 Å². The number of carbonyl (C=O) groups is 1. The highest BCUT2D eigenvalue weighted by Crippen LogP contribution is 2.28. The number of sulfonamides is 2. The summed E-state index contributed by atoms with van der Waals surface area (Å²) >= 11 is 0. The van der Waals surface area contributed by atoms with Crippen molar-refractivity contribution >= 4 is 31.6 Å². The Bertz CT molecular complexity index is 1150. The zero-order valence-electron chi connectivity index (χ0n) is 17.6. The number of para-hydroxylation sites is 1. The predicted octanol–water partition coefficient (Wildman–Crippen LogP) is 1.38. The first-order valence-corrected chi connectivity index (χ1v) is 13.1. The first kappa shape index (κ1) is 23.2. The summed E-state index contributed by atoms with van der Waals surface area (Å²) in [6, 6.07) is 6.76. The molecule has 1 saturated heterocycles. The van der Waals surface area contributed by atoms with Gasteiger partial charge in [0.1, 0.15) is 10.6 Å². The number of aromatic nitrogens is 1. The number of hydrogen-bond acceptors (Lipinski definition) is 7. The zero-order valence-corrected chi connectivity index (χ0v) is 19.2. The number of rotatable bonds is 7. The molecule has 3 rings (SSSR count). The molecule has 1 atom stereocenters. The third-order valence-corrected chi connectivity index (χ3v) is 7.79. The van der Waals surface area contributed by atoms with E-state index >= 15 is 0 Å². The lowest BCUT2D eigenvalue weighted by atomic mass is 9.98. The summed E-state index contributed by atoms with van der Waals surface area (Å²) in [7, 11) is -7.28. The Balaban J connectivity index is 1.69. The van der Waals surface area contributed by atoms with E-state index in [0.29, 0.717) is 36.3 Å². The normalized spacial score (nSPS) is 18.0. The maximum absolute atomic E-state index is 13.0.